The van der Waals surface area contributed by atoms with Gasteiger partial charge in [-0.15, -0.1) is 0 Å². The quantitative estimate of drug-likeness (QED) is 0.480. The number of anilines is 1. The summed E-state index contributed by atoms with van der Waals surface area (Å²) < 4.78 is 5.15. The number of pyridine rings is 1. The van der Waals surface area contributed by atoms with Gasteiger partial charge < -0.3 is 19.5 Å². The fraction of sp³-hybridized carbons (Fsp3) is 0.269. The molecule has 0 radical (unpaired) electrons. The second kappa shape index (κ2) is 8.58. The molecule has 3 heterocycles. The highest BCUT2D eigenvalue weighted by Crippen LogP contribution is 2.30. The van der Waals surface area contributed by atoms with Crippen LogP contribution in [0.1, 0.15) is 33.3 Å². The monoisotopic (exact) mass is 442 g/mol. The van der Waals surface area contributed by atoms with Gasteiger partial charge in [0.1, 0.15) is 0 Å². The Morgan fingerprint density at radius 1 is 1.03 bits per heavy atom. The molecule has 4 aromatic rings. The molecule has 1 N–H and O–H groups in total. The fourth-order valence-electron chi connectivity index (χ4n) is 4.59. The molecule has 0 spiro atoms. The van der Waals surface area contributed by atoms with Gasteiger partial charge in [0.2, 0.25) is 0 Å². The van der Waals surface area contributed by atoms with Crippen molar-refractivity contribution in [2.45, 2.75) is 13.8 Å². The summed E-state index contributed by atoms with van der Waals surface area (Å²) in [5.74, 6) is -0.411. The molecular weight excluding hydrogens is 416 g/mol. The molecule has 0 saturated carbocycles. The molecule has 1 fully saturated rings. The van der Waals surface area contributed by atoms with Gasteiger partial charge in [-0.2, -0.15) is 0 Å². The van der Waals surface area contributed by atoms with Crippen LogP contribution in [0.2, 0.25) is 0 Å². The Labute approximate surface area is 192 Å². The number of benzene rings is 2. The van der Waals surface area contributed by atoms with Crippen molar-refractivity contribution in [3.63, 3.8) is 0 Å². The molecule has 5 rings (SSSR count). The molecule has 0 atom stereocenters. The van der Waals surface area contributed by atoms with Crippen LogP contribution in [0.3, 0.4) is 0 Å². The van der Waals surface area contributed by atoms with E-state index < -0.39 is 5.97 Å². The second-order valence-corrected chi connectivity index (χ2v) is 8.24. The van der Waals surface area contributed by atoms with Crippen molar-refractivity contribution in [2.24, 2.45) is 0 Å². The van der Waals surface area contributed by atoms with E-state index in [1.165, 1.54) is 5.69 Å². The average Bonchev–Trinajstić information content (AvgIpc) is 3.23. The molecular formula is C26H26N4O3. The van der Waals surface area contributed by atoms with E-state index in [-0.39, 0.29) is 5.91 Å². The molecule has 0 aliphatic carbocycles. The first-order valence-corrected chi connectivity index (χ1v) is 11.2. The highest BCUT2D eigenvalue weighted by molar-refractivity contribution is 6.12. The van der Waals surface area contributed by atoms with E-state index in [9.17, 15) is 9.59 Å². The van der Waals surface area contributed by atoms with Crippen molar-refractivity contribution >= 4 is 39.4 Å². The van der Waals surface area contributed by atoms with Crippen molar-refractivity contribution in [1.29, 1.82) is 0 Å². The molecule has 168 valence electrons. The summed E-state index contributed by atoms with van der Waals surface area (Å²) in [6.45, 7) is 6.89. The standard InChI is InChI=1S/C26H26N4O3/c1-3-33-26(32)24-17(2)23-20-15-18(9-10-21(20)28-22(23)16-27-24)25(31)30-13-11-29(12-14-30)19-7-5-4-6-8-19/h4-10,15-16,28H,3,11-14H2,1-2H3. The molecule has 1 aliphatic heterocycles. The third kappa shape index (κ3) is 3.80. The molecule has 33 heavy (non-hydrogen) atoms. The second-order valence-electron chi connectivity index (χ2n) is 8.24. The van der Waals surface area contributed by atoms with Gasteiger partial charge in [0.15, 0.2) is 5.69 Å². The van der Waals surface area contributed by atoms with Crippen LogP contribution < -0.4 is 4.90 Å². The maximum Gasteiger partial charge on any atom is 0.357 e. The molecule has 2 aromatic carbocycles. The van der Waals surface area contributed by atoms with E-state index in [1.54, 1.807) is 13.1 Å². The lowest BCUT2D eigenvalue weighted by molar-refractivity contribution is 0.0518. The van der Waals surface area contributed by atoms with Gasteiger partial charge in [0.25, 0.3) is 5.91 Å². The van der Waals surface area contributed by atoms with Crippen LogP contribution >= 0.6 is 0 Å². The van der Waals surface area contributed by atoms with Crippen LogP contribution in [0.25, 0.3) is 21.8 Å². The van der Waals surface area contributed by atoms with Crippen LogP contribution in [-0.4, -0.2) is 59.5 Å². The molecule has 0 bridgehead atoms. The third-order valence-electron chi connectivity index (χ3n) is 6.28. The van der Waals surface area contributed by atoms with E-state index in [4.69, 9.17) is 4.74 Å². The number of H-pyrrole nitrogens is 1. The predicted octanol–water partition coefficient (Wildman–Crippen LogP) is 4.16. The number of amides is 1. The Balaban J connectivity index is 1.43. The summed E-state index contributed by atoms with van der Waals surface area (Å²) in [5.41, 5.74) is 4.62. The number of nitrogens with zero attached hydrogens (tertiary/aromatic N) is 3. The minimum absolute atomic E-state index is 0.0243. The van der Waals surface area contributed by atoms with Crippen molar-refractivity contribution in [3.8, 4) is 0 Å². The van der Waals surface area contributed by atoms with Gasteiger partial charge >= 0.3 is 5.97 Å². The van der Waals surface area contributed by atoms with E-state index in [2.05, 4.69) is 27.0 Å². The van der Waals surface area contributed by atoms with Crippen LogP contribution in [-0.2, 0) is 4.74 Å². The average molecular weight is 443 g/mol. The van der Waals surface area contributed by atoms with Crippen LogP contribution in [0.4, 0.5) is 5.69 Å². The molecule has 1 aliphatic rings. The molecule has 1 amide bonds. The van der Waals surface area contributed by atoms with Gasteiger partial charge in [0, 0.05) is 53.7 Å². The minimum atomic E-state index is -0.435. The molecule has 1 saturated heterocycles. The van der Waals surface area contributed by atoms with E-state index in [1.807, 2.05) is 48.2 Å². The van der Waals surface area contributed by atoms with Gasteiger partial charge in [-0.25, -0.2) is 9.78 Å². The Kier molecular flexibility index (Phi) is 5.46. The fourth-order valence-corrected chi connectivity index (χ4v) is 4.59. The number of rotatable bonds is 4. The zero-order valence-electron chi connectivity index (χ0n) is 18.8. The minimum Gasteiger partial charge on any atom is -0.461 e. The first kappa shape index (κ1) is 21.0. The van der Waals surface area contributed by atoms with Crippen molar-refractivity contribution in [1.82, 2.24) is 14.9 Å². The van der Waals surface area contributed by atoms with Gasteiger partial charge in [-0.05, 0) is 49.7 Å². The maximum absolute atomic E-state index is 13.3. The number of hydrogen-bond donors (Lipinski definition) is 1. The number of esters is 1. The molecule has 7 heteroatoms. The number of fused-ring (bicyclic) bond motifs is 3. The maximum atomic E-state index is 13.3. The number of hydrogen-bond acceptors (Lipinski definition) is 5. The van der Waals surface area contributed by atoms with Crippen molar-refractivity contribution in [2.75, 3.05) is 37.7 Å². The number of aromatic nitrogens is 2. The zero-order valence-corrected chi connectivity index (χ0v) is 18.8. The summed E-state index contributed by atoms with van der Waals surface area (Å²) in [6, 6.07) is 16.0. The summed E-state index contributed by atoms with van der Waals surface area (Å²) in [7, 11) is 0. The Morgan fingerprint density at radius 2 is 1.79 bits per heavy atom. The summed E-state index contributed by atoms with van der Waals surface area (Å²) in [5, 5.41) is 1.80. The highest BCUT2D eigenvalue weighted by Gasteiger charge is 2.23. The SMILES string of the molecule is CCOC(=O)c1ncc2[nH]c3ccc(C(=O)N4CCN(c5ccccc5)CC4)cc3c2c1C. The first-order valence-electron chi connectivity index (χ1n) is 11.2. The first-order chi connectivity index (χ1) is 16.1. The Hall–Kier alpha value is -3.87. The lowest BCUT2D eigenvalue weighted by atomic mass is 10.0. The highest BCUT2D eigenvalue weighted by atomic mass is 16.5. The number of aromatic amines is 1. The topological polar surface area (TPSA) is 78.5 Å². The van der Waals surface area contributed by atoms with Crippen LogP contribution in [0.5, 0.6) is 0 Å². The smallest absolute Gasteiger partial charge is 0.357 e. The predicted molar refractivity (Wildman–Crippen MR) is 129 cm³/mol. The summed E-state index contributed by atoms with van der Waals surface area (Å²) in [6.07, 6.45) is 1.65. The number of nitrogens with one attached hydrogen (secondary N) is 1. The number of aryl methyl sites for hydroxylation is 1. The lowest BCUT2D eigenvalue weighted by Gasteiger charge is -2.36. The number of para-hydroxylation sites is 1. The van der Waals surface area contributed by atoms with Crippen molar-refractivity contribution < 1.29 is 14.3 Å². The summed E-state index contributed by atoms with van der Waals surface area (Å²) >= 11 is 0. The zero-order chi connectivity index (χ0) is 22.9. The molecule has 0 unspecified atom stereocenters. The number of carbonyl (C=O) groups is 2. The van der Waals surface area contributed by atoms with Gasteiger partial charge in [-0.3, -0.25) is 4.79 Å². The molecule has 7 nitrogen and oxygen atoms in total. The number of carbonyl (C=O) groups excluding carboxylic acids is 2. The Morgan fingerprint density at radius 3 is 2.52 bits per heavy atom. The van der Waals surface area contributed by atoms with E-state index in [0.29, 0.717) is 31.0 Å². The van der Waals surface area contributed by atoms with Crippen molar-refractivity contribution in [3.05, 3.63) is 71.5 Å². The van der Waals surface area contributed by atoms with E-state index in [0.717, 1.165) is 40.5 Å². The Bertz CT molecular complexity index is 1340. The van der Waals surface area contributed by atoms with Crippen LogP contribution in [0.15, 0.2) is 54.7 Å². The number of ether oxygens (including phenoxy) is 1. The molecule has 2 aromatic heterocycles. The largest absolute Gasteiger partial charge is 0.461 e. The van der Waals surface area contributed by atoms with Crippen LogP contribution in [0, 0.1) is 6.92 Å². The number of piperazine rings is 1. The third-order valence-corrected chi connectivity index (χ3v) is 6.28. The van der Waals surface area contributed by atoms with Gasteiger partial charge in [-0.1, -0.05) is 18.2 Å². The van der Waals surface area contributed by atoms with Gasteiger partial charge in [0.05, 0.1) is 18.3 Å². The summed E-state index contributed by atoms with van der Waals surface area (Å²) in [4.78, 5) is 37.5. The normalized spacial score (nSPS) is 14.1. The van der Waals surface area contributed by atoms with E-state index >= 15 is 0 Å². The lowest BCUT2D eigenvalue weighted by Crippen LogP contribution is -2.48.